The molecule has 0 saturated carbocycles. The van der Waals surface area contributed by atoms with Crippen molar-refractivity contribution >= 4 is 17.5 Å². The van der Waals surface area contributed by atoms with E-state index in [1.54, 1.807) is 7.11 Å². The molecule has 1 aromatic rings. The van der Waals surface area contributed by atoms with E-state index in [4.69, 9.17) is 16.3 Å². The maximum atomic E-state index is 11.9. The number of ether oxygens (including phenoxy) is 1. The molecule has 0 spiro atoms. The van der Waals surface area contributed by atoms with Gasteiger partial charge in [-0.25, -0.2) is 0 Å². The summed E-state index contributed by atoms with van der Waals surface area (Å²) in [5.41, 5.74) is 0.901. The van der Waals surface area contributed by atoms with Crippen LogP contribution in [0.2, 0.25) is 0 Å². The summed E-state index contributed by atoms with van der Waals surface area (Å²) < 4.78 is 5.22. The second-order valence-electron chi connectivity index (χ2n) is 4.14. The molecule has 0 fully saturated rings. The Labute approximate surface area is 113 Å². The molecule has 0 bridgehead atoms. The lowest BCUT2D eigenvalue weighted by atomic mass is 10.1. The highest BCUT2D eigenvalue weighted by Crippen LogP contribution is 2.17. The first kappa shape index (κ1) is 14.8. The van der Waals surface area contributed by atoms with Crippen molar-refractivity contribution in [2.45, 2.75) is 32.2 Å². The van der Waals surface area contributed by atoms with Gasteiger partial charge in [-0.1, -0.05) is 25.1 Å². The summed E-state index contributed by atoms with van der Waals surface area (Å²) in [4.78, 5) is 11.9. The van der Waals surface area contributed by atoms with Crippen molar-refractivity contribution in [3.05, 3.63) is 29.8 Å². The minimum absolute atomic E-state index is 0.0106. The Balaban J connectivity index is 2.58. The van der Waals surface area contributed by atoms with Crippen LogP contribution in [-0.2, 0) is 11.2 Å². The number of nitrogens with one attached hydrogen (secondary N) is 1. The van der Waals surface area contributed by atoms with Gasteiger partial charge in [-0.2, -0.15) is 0 Å². The lowest BCUT2D eigenvalue weighted by Crippen LogP contribution is -2.35. The molecule has 1 rings (SSSR count). The highest BCUT2D eigenvalue weighted by Gasteiger charge is 2.12. The second kappa shape index (κ2) is 7.98. The summed E-state index contributed by atoms with van der Waals surface area (Å²) in [5, 5.41) is 2.99. The topological polar surface area (TPSA) is 38.3 Å². The molecule has 0 aliphatic heterocycles. The molecule has 0 aliphatic rings. The number of methoxy groups -OCH3 is 1. The van der Waals surface area contributed by atoms with Crippen LogP contribution >= 0.6 is 11.6 Å². The number of benzene rings is 1. The van der Waals surface area contributed by atoms with Gasteiger partial charge in [-0.15, -0.1) is 11.6 Å². The lowest BCUT2D eigenvalue weighted by Gasteiger charge is -2.16. The van der Waals surface area contributed by atoms with E-state index in [0.29, 0.717) is 12.3 Å². The van der Waals surface area contributed by atoms with Gasteiger partial charge in [-0.05, 0) is 18.9 Å². The number of para-hydroxylation sites is 1. The zero-order chi connectivity index (χ0) is 13.4. The van der Waals surface area contributed by atoms with Crippen molar-refractivity contribution in [1.29, 1.82) is 0 Å². The number of alkyl halides is 1. The Hall–Kier alpha value is -1.22. The summed E-state index contributed by atoms with van der Waals surface area (Å²) in [6.07, 6.45) is 2.03. The number of hydrogen-bond donors (Lipinski definition) is 1. The van der Waals surface area contributed by atoms with Crippen molar-refractivity contribution in [3.8, 4) is 5.75 Å². The second-order valence-corrected chi connectivity index (χ2v) is 4.52. The van der Waals surface area contributed by atoms with Crippen LogP contribution in [0.5, 0.6) is 5.75 Å². The van der Waals surface area contributed by atoms with Gasteiger partial charge in [0.1, 0.15) is 5.75 Å². The molecule has 0 aliphatic carbocycles. The van der Waals surface area contributed by atoms with E-state index in [-0.39, 0.29) is 11.9 Å². The van der Waals surface area contributed by atoms with Crippen LogP contribution in [0.15, 0.2) is 24.3 Å². The number of amides is 1. The summed E-state index contributed by atoms with van der Waals surface area (Å²) in [5.74, 6) is 1.32. The van der Waals surface area contributed by atoms with Crippen molar-refractivity contribution in [3.63, 3.8) is 0 Å². The number of carbonyl (C=O) groups excluding carboxylic acids is 1. The molecule has 0 heterocycles. The fourth-order valence-corrected chi connectivity index (χ4v) is 2.07. The molecule has 3 nitrogen and oxygen atoms in total. The maximum absolute atomic E-state index is 11.9. The van der Waals surface area contributed by atoms with E-state index < -0.39 is 0 Å². The molecular weight excluding hydrogens is 250 g/mol. The first-order valence-electron chi connectivity index (χ1n) is 6.18. The average Bonchev–Trinajstić information content (AvgIpc) is 2.38. The van der Waals surface area contributed by atoms with Crippen LogP contribution in [0.3, 0.4) is 0 Å². The predicted octanol–water partition coefficient (Wildman–Crippen LogP) is 2.76. The number of hydrogen-bond acceptors (Lipinski definition) is 2. The fraction of sp³-hybridized carbons (Fsp3) is 0.500. The molecule has 0 aromatic heterocycles. The standard InChI is InChI=1S/C14H20ClNO2/c1-3-12(8-9-15)16-14(17)10-11-6-4-5-7-13(11)18-2/h4-7,12H,3,8-10H2,1-2H3,(H,16,17). The summed E-state index contributed by atoms with van der Waals surface area (Å²) in [7, 11) is 1.61. The van der Waals surface area contributed by atoms with Gasteiger partial charge in [-0.3, -0.25) is 4.79 Å². The van der Waals surface area contributed by atoms with E-state index in [0.717, 1.165) is 24.2 Å². The monoisotopic (exact) mass is 269 g/mol. The third kappa shape index (κ3) is 4.57. The number of carbonyl (C=O) groups is 1. The van der Waals surface area contributed by atoms with Crippen molar-refractivity contribution < 1.29 is 9.53 Å². The first-order valence-corrected chi connectivity index (χ1v) is 6.72. The Morgan fingerprint density at radius 3 is 2.78 bits per heavy atom. The average molecular weight is 270 g/mol. The zero-order valence-electron chi connectivity index (χ0n) is 10.9. The molecule has 0 saturated heterocycles. The molecule has 0 radical (unpaired) electrons. The van der Waals surface area contributed by atoms with E-state index in [9.17, 15) is 4.79 Å². The minimum Gasteiger partial charge on any atom is -0.496 e. The zero-order valence-corrected chi connectivity index (χ0v) is 11.7. The van der Waals surface area contributed by atoms with Crippen LogP contribution in [-0.4, -0.2) is 24.9 Å². The Kier molecular flexibility index (Phi) is 6.58. The van der Waals surface area contributed by atoms with Gasteiger partial charge in [0.15, 0.2) is 0 Å². The SMILES string of the molecule is CCC(CCCl)NC(=O)Cc1ccccc1OC. The van der Waals surface area contributed by atoms with Crippen LogP contribution < -0.4 is 10.1 Å². The van der Waals surface area contributed by atoms with Gasteiger partial charge < -0.3 is 10.1 Å². The maximum Gasteiger partial charge on any atom is 0.224 e. The largest absolute Gasteiger partial charge is 0.496 e. The quantitative estimate of drug-likeness (QED) is 0.773. The molecule has 1 atom stereocenters. The number of rotatable bonds is 7. The van der Waals surface area contributed by atoms with E-state index in [1.165, 1.54) is 0 Å². The molecular formula is C14H20ClNO2. The van der Waals surface area contributed by atoms with Gasteiger partial charge in [0, 0.05) is 17.5 Å². The van der Waals surface area contributed by atoms with E-state index in [2.05, 4.69) is 5.32 Å². The molecule has 4 heteroatoms. The Morgan fingerprint density at radius 2 is 2.17 bits per heavy atom. The smallest absolute Gasteiger partial charge is 0.224 e. The molecule has 1 amide bonds. The molecule has 1 unspecified atom stereocenters. The molecule has 18 heavy (non-hydrogen) atoms. The number of halogens is 1. The van der Waals surface area contributed by atoms with Gasteiger partial charge in [0.05, 0.1) is 13.5 Å². The molecule has 1 aromatic carbocycles. The van der Waals surface area contributed by atoms with Crippen LogP contribution in [0.4, 0.5) is 0 Å². The van der Waals surface area contributed by atoms with Crippen LogP contribution in [0.1, 0.15) is 25.3 Å². The van der Waals surface area contributed by atoms with Crippen molar-refractivity contribution in [2.75, 3.05) is 13.0 Å². The Bertz CT molecular complexity index is 382. The predicted molar refractivity (Wildman–Crippen MR) is 74.3 cm³/mol. The third-order valence-corrected chi connectivity index (χ3v) is 3.08. The van der Waals surface area contributed by atoms with Crippen LogP contribution in [0, 0.1) is 0 Å². The van der Waals surface area contributed by atoms with E-state index >= 15 is 0 Å². The summed E-state index contributed by atoms with van der Waals surface area (Å²) in [6.45, 7) is 2.04. The molecule has 100 valence electrons. The van der Waals surface area contributed by atoms with Crippen molar-refractivity contribution in [2.24, 2.45) is 0 Å². The van der Waals surface area contributed by atoms with Crippen LogP contribution in [0.25, 0.3) is 0 Å². The summed E-state index contributed by atoms with van der Waals surface area (Å²) in [6, 6.07) is 7.72. The summed E-state index contributed by atoms with van der Waals surface area (Å²) >= 11 is 5.70. The first-order chi connectivity index (χ1) is 8.71. The fourth-order valence-electron chi connectivity index (χ4n) is 1.81. The lowest BCUT2D eigenvalue weighted by molar-refractivity contribution is -0.121. The molecule has 1 N–H and O–H groups in total. The van der Waals surface area contributed by atoms with E-state index in [1.807, 2.05) is 31.2 Å². The van der Waals surface area contributed by atoms with Crippen molar-refractivity contribution in [1.82, 2.24) is 5.32 Å². The Morgan fingerprint density at radius 1 is 1.44 bits per heavy atom. The third-order valence-electron chi connectivity index (χ3n) is 2.86. The van der Waals surface area contributed by atoms with Gasteiger partial charge >= 0.3 is 0 Å². The highest BCUT2D eigenvalue weighted by molar-refractivity contribution is 6.17. The highest BCUT2D eigenvalue weighted by atomic mass is 35.5. The normalized spacial score (nSPS) is 11.9. The minimum atomic E-state index is 0.0106. The van der Waals surface area contributed by atoms with Gasteiger partial charge in [0.2, 0.25) is 5.91 Å². The van der Waals surface area contributed by atoms with Gasteiger partial charge in [0.25, 0.3) is 0 Å².